The third-order valence-corrected chi connectivity index (χ3v) is 3.76. The van der Waals surface area contributed by atoms with Crippen molar-refractivity contribution in [3.63, 3.8) is 0 Å². The number of aromatic nitrogens is 2. The number of nitrogens with two attached hydrogens (primary N) is 1. The minimum absolute atomic E-state index is 0.363. The van der Waals surface area contributed by atoms with Crippen molar-refractivity contribution in [1.82, 2.24) is 10.2 Å². The van der Waals surface area contributed by atoms with Gasteiger partial charge in [-0.05, 0) is 31.1 Å². The highest BCUT2D eigenvalue weighted by Crippen LogP contribution is 2.25. The van der Waals surface area contributed by atoms with Gasteiger partial charge in [-0.2, -0.15) is 16.9 Å². The minimum Gasteiger partial charge on any atom is -0.327 e. The number of hydrogen-bond donors (Lipinski definition) is 2. The highest BCUT2D eigenvalue weighted by Gasteiger charge is 2.25. The van der Waals surface area contributed by atoms with Crippen molar-refractivity contribution < 1.29 is 0 Å². The Balaban J connectivity index is 1.97. The number of nitrogens with one attached hydrogen (secondary N) is 1. The van der Waals surface area contributed by atoms with Crippen LogP contribution in [0.25, 0.3) is 0 Å². The van der Waals surface area contributed by atoms with E-state index in [1.165, 1.54) is 5.75 Å². The Morgan fingerprint density at radius 1 is 1.69 bits per heavy atom. The maximum absolute atomic E-state index is 5.97. The molecule has 1 fully saturated rings. The summed E-state index contributed by atoms with van der Waals surface area (Å²) in [6.07, 6.45) is 1.03. The second-order valence-corrected chi connectivity index (χ2v) is 4.78. The quantitative estimate of drug-likeness (QED) is 0.742. The van der Waals surface area contributed by atoms with Crippen molar-refractivity contribution >= 4 is 11.8 Å². The molecule has 1 saturated heterocycles. The monoisotopic (exact) mass is 197 g/mol. The Morgan fingerprint density at radius 3 is 3.08 bits per heavy atom. The average Bonchev–Trinajstić information content (AvgIpc) is 2.64. The first-order chi connectivity index (χ1) is 6.25. The number of aryl methyl sites for hydroxylation is 1. The van der Waals surface area contributed by atoms with Gasteiger partial charge in [0.2, 0.25) is 0 Å². The Bertz CT molecular complexity index is 284. The fourth-order valence-corrected chi connectivity index (χ4v) is 3.02. The first-order valence-electron chi connectivity index (χ1n) is 4.60. The summed E-state index contributed by atoms with van der Waals surface area (Å²) in [4.78, 5) is 0. The maximum atomic E-state index is 5.97. The topological polar surface area (TPSA) is 54.7 Å². The maximum Gasteiger partial charge on any atom is 0.0628 e. The van der Waals surface area contributed by atoms with Crippen LogP contribution in [0.1, 0.15) is 11.4 Å². The molecule has 0 spiro atoms. The molecule has 2 heterocycles. The van der Waals surface area contributed by atoms with Gasteiger partial charge < -0.3 is 5.73 Å². The molecule has 0 aliphatic carbocycles. The van der Waals surface area contributed by atoms with Crippen molar-refractivity contribution in [2.45, 2.75) is 19.4 Å². The molecule has 2 rings (SSSR count). The molecule has 1 aromatic heterocycles. The lowest BCUT2D eigenvalue weighted by Gasteiger charge is -2.11. The van der Waals surface area contributed by atoms with Gasteiger partial charge in [-0.3, -0.25) is 5.10 Å². The summed E-state index contributed by atoms with van der Waals surface area (Å²) >= 11 is 1.95. The van der Waals surface area contributed by atoms with Crippen LogP contribution >= 0.6 is 11.8 Å². The van der Waals surface area contributed by atoms with Crippen LogP contribution in [0.3, 0.4) is 0 Å². The summed E-state index contributed by atoms with van der Waals surface area (Å²) < 4.78 is 0. The zero-order chi connectivity index (χ0) is 9.26. The number of H-pyrrole nitrogens is 1. The number of nitrogens with zero attached hydrogens (tertiary/aromatic N) is 1. The molecular weight excluding hydrogens is 182 g/mol. The fourth-order valence-electron chi connectivity index (χ4n) is 1.67. The van der Waals surface area contributed by atoms with Gasteiger partial charge in [0.25, 0.3) is 0 Å². The molecule has 1 aliphatic rings. The molecular formula is C9H15N3S. The van der Waals surface area contributed by atoms with Crippen LogP contribution in [0, 0.1) is 12.8 Å². The van der Waals surface area contributed by atoms with E-state index in [1.807, 2.05) is 18.7 Å². The number of aromatic amines is 1. The lowest BCUT2D eigenvalue weighted by atomic mass is 9.99. The average molecular weight is 197 g/mol. The summed E-state index contributed by atoms with van der Waals surface area (Å²) in [5.41, 5.74) is 8.26. The van der Waals surface area contributed by atoms with Gasteiger partial charge in [-0.25, -0.2) is 0 Å². The van der Waals surface area contributed by atoms with E-state index in [0.717, 1.165) is 23.6 Å². The summed E-state index contributed by atoms with van der Waals surface area (Å²) in [6.45, 7) is 2.03. The zero-order valence-corrected chi connectivity index (χ0v) is 8.60. The lowest BCUT2D eigenvalue weighted by Crippen LogP contribution is -2.29. The van der Waals surface area contributed by atoms with Gasteiger partial charge >= 0.3 is 0 Å². The molecule has 3 N–H and O–H groups in total. The SMILES string of the molecule is Cc1cc(CC2CSCC2N)n[nH]1. The molecule has 0 saturated carbocycles. The highest BCUT2D eigenvalue weighted by atomic mass is 32.2. The molecule has 13 heavy (non-hydrogen) atoms. The third kappa shape index (κ3) is 2.06. The van der Waals surface area contributed by atoms with Crippen molar-refractivity contribution in [2.24, 2.45) is 11.7 Å². The predicted octanol–water partition coefficient (Wildman–Crippen LogP) is 0.951. The highest BCUT2D eigenvalue weighted by molar-refractivity contribution is 7.99. The summed E-state index contributed by atoms with van der Waals surface area (Å²) in [7, 11) is 0. The van der Waals surface area contributed by atoms with E-state index in [1.54, 1.807) is 0 Å². The first-order valence-corrected chi connectivity index (χ1v) is 5.75. The van der Waals surface area contributed by atoms with Gasteiger partial charge in [-0.1, -0.05) is 0 Å². The molecule has 0 radical (unpaired) electrons. The van der Waals surface area contributed by atoms with Crippen LogP contribution in [0.5, 0.6) is 0 Å². The molecule has 0 aromatic carbocycles. The van der Waals surface area contributed by atoms with Crippen LogP contribution in [0.4, 0.5) is 0 Å². The Morgan fingerprint density at radius 2 is 2.54 bits per heavy atom. The van der Waals surface area contributed by atoms with E-state index < -0.39 is 0 Å². The smallest absolute Gasteiger partial charge is 0.0628 e. The lowest BCUT2D eigenvalue weighted by molar-refractivity contribution is 0.509. The van der Waals surface area contributed by atoms with E-state index >= 15 is 0 Å². The van der Waals surface area contributed by atoms with E-state index in [0.29, 0.717) is 12.0 Å². The molecule has 3 nitrogen and oxygen atoms in total. The number of rotatable bonds is 2. The van der Waals surface area contributed by atoms with Gasteiger partial charge in [0.15, 0.2) is 0 Å². The molecule has 2 unspecified atom stereocenters. The van der Waals surface area contributed by atoms with Crippen LogP contribution in [0.2, 0.25) is 0 Å². The number of hydrogen-bond acceptors (Lipinski definition) is 3. The molecule has 1 aromatic rings. The summed E-state index contributed by atoms with van der Waals surface area (Å²) in [6, 6.07) is 2.47. The van der Waals surface area contributed by atoms with E-state index in [9.17, 15) is 0 Å². The van der Waals surface area contributed by atoms with E-state index in [4.69, 9.17) is 5.73 Å². The third-order valence-electron chi connectivity index (χ3n) is 2.48. The van der Waals surface area contributed by atoms with Crippen LogP contribution in [0.15, 0.2) is 6.07 Å². The molecule has 0 amide bonds. The van der Waals surface area contributed by atoms with Crippen molar-refractivity contribution in [3.8, 4) is 0 Å². The second kappa shape index (κ2) is 3.72. The number of thioether (sulfide) groups is 1. The summed E-state index contributed by atoms with van der Waals surface area (Å²) in [5, 5.41) is 7.18. The van der Waals surface area contributed by atoms with E-state index in [2.05, 4.69) is 16.3 Å². The molecule has 72 valence electrons. The first kappa shape index (κ1) is 9.09. The van der Waals surface area contributed by atoms with Gasteiger partial charge in [0.1, 0.15) is 0 Å². The summed E-state index contributed by atoms with van der Waals surface area (Å²) in [5.74, 6) is 2.91. The van der Waals surface area contributed by atoms with Crippen LogP contribution in [-0.4, -0.2) is 27.7 Å². The Kier molecular flexibility index (Phi) is 2.60. The molecule has 0 bridgehead atoms. The Hall–Kier alpha value is -0.480. The Labute approximate surface area is 82.5 Å². The standard InChI is InChI=1S/C9H15N3S/c1-6-2-8(12-11-6)3-7-4-13-5-9(7)10/h2,7,9H,3-5,10H2,1H3,(H,11,12). The largest absolute Gasteiger partial charge is 0.327 e. The van der Waals surface area contributed by atoms with Crippen LogP contribution in [-0.2, 0) is 6.42 Å². The van der Waals surface area contributed by atoms with Gasteiger partial charge in [0.05, 0.1) is 5.69 Å². The van der Waals surface area contributed by atoms with Crippen molar-refractivity contribution in [2.75, 3.05) is 11.5 Å². The second-order valence-electron chi connectivity index (χ2n) is 3.71. The van der Waals surface area contributed by atoms with E-state index in [-0.39, 0.29) is 0 Å². The van der Waals surface area contributed by atoms with Crippen molar-refractivity contribution in [1.29, 1.82) is 0 Å². The minimum atomic E-state index is 0.363. The normalized spacial score (nSPS) is 28.2. The van der Waals surface area contributed by atoms with Gasteiger partial charge in [0, 0.05) is 17.5 Å². The van der Waals surface area contributed by atoms with Crippen LogP contribution < -0.4 is 5.73 Å². The molecule has 4 heteroatoms. The van der Waals surface area contributed by atoms with Crippen molar-refractivity contribution in [3.05, 3.63) is 17.5 Å². The molecule has 2 atom stereocenters. The van der Waals surface area contributed by atoms with Gasteiger partial charge in [-0.15, -0.1) is 0 Å². The predicted molar refractivity (Wildman–Crippen MR) is 55.8 cm³/mol. The zero-order valence-electron chi connectivity index (χ0n) is 7.79. The fraction of sp³-hybridized carbons (Fsp3) is 0.667. The molecule has 1 aliphatic heterocycles.